The average Bonchev–Trinajstić information content (AvgIpc) is 0.795. The molecule has 0 fully saturated rings. The van der Waals surface area contributed by atoms with E-state index >= 15 is 0 Å². The molecule has 0 aliphatic rings. The molecule has 524 valence electrons. The van der Waals surface area contributed by atoms with Crippen molar-refractivity contribution in [2.45, 2.75) is 82.1 Å². The lowest BCUT2D eigenvalue weighted by Crippen LogP contribution is -2.30. The number of aryl methyl sites for hydroxylation is 9. The SMILES string of the molecule is Cc1cc(C)c(C)c(-c2cc3cc(-c4nc(CC(C)C)nc(CC(C)C)n4)ccc3c[n+]2C)c1.Cc1ccccc1-c1cc2ccc(-c3ccccn3)cc2c[n+]1C.Cc1ccccc1-c1cc2ccc(-c3cccnc3)cc2c[n+]1C.Cc1ccccc1-c1cc2ccc(-c3ccncc3)cc2c[n+]1C. The Bertz CT molecular complexity index is 5420. The highest BCUT2D eigenvalue weighted by Crippen LogP contribution is 2.33. The van der Waals surface area contributed by atoms with Crippen LogP contribution in [-0.4, -0.2) is 29.9 Å². The molecule has 0 spiro atoms. The molecule has 0 radical (unpaired) electrons. The third kappa shape index (κ3) is 16.7. The van der Waals surface area contributed by atoms with Gasteiger partial charge in [-0.05, 0) is 204 Å². The topological polar surface area (TPSA) is 92.9 Å². The minimum atomic E-state index is 0.502. The van der Waals surface area contributed by atoms with Crippen molar-refractivity contribution < 1.29 is 18.3 Å². The van der Waals surface area contributed by atoms with Crippen LogP contribution in [0.25, 0.3) is 133 Å². The normalized spacial score (nSPS) is 11.2. The Kier molecular flexibility index (Phi) is 22.0. The number of nitrogens with zero attached hydrogens (tertiary/aromatic N) is 10. The van der Waals surface area contributed by atoms with Gasteiger partial charge in [0.05, 0.1) is 5.69 Å². The molecule has 0 aliphatic heterocycles. The van der Waals surface area contributed by atoms with Gasteiger partial charge < -0.3 is 0 Å². The first-order valence-electron chi connectivity index (χ1n) is 36.7. The Morgan fingerprint density at radius 3 is 1.22 bits per heavy atom. The Morgan fingerprint density at radius 1 is 0.302 bits per heavy atom. The molecule has 0 bridgehead atoms. The maximum Gasteiger partial charge on any atom is 0.213 e. The summed E-state index contributed by atoms with van der Waals surface area (Å²) in [4.78, 5) is 27.3. The third-order valence-corrected chi connectivity index (χ3v) is 19.9. The van der Waals surface area contributed by atoms with Crippen molar-refractivity contribution in [1.82, 2.24) is 29.9 Å². The van der Waals surface area contributed by atoms with Gasteiger partial charge in [0.15, 0.2) is 30.6 Å². The molecule has 0 amide bonds. The fourth-order valence-corrected chi connectivity index (χ4v) is 14.1. The van der Waals surface area contributed by atoms with Gasteiger partial charge in [0.2, 0.25) is 22.8 Å². The molecule has 0 unspecified atom stereocenters. The van der Waals surface area contributed by atoms with Crippen molar-refractivity contribution in [1.29, 1.82) is 0 Å². The van der Waals surface area contributed by atoms with Crippen LogP contribution in [0.2, 0.25) is 0 Å². The number of fused-ring (bicyclic) bond motifs is 4. The summed E-state index contributed by atoms with van der Waals surface area (Å²) in [7, 11) is 8.45. The van der Waals surface area contributed by atoms with E-state index in [4.69, 9.17) is 15.0 Å². The maximum absolute atomic E-state index is 4.87. The highest BCUT2D eigenvalue weighted by Gasteiger charge is 2.21. The lowest BCUT2D eigenvalue weighted by Gasteiger charge is -2.12. The molecule has 8 aromatic heterocycles. The quantitative estimate of drug-likeness (QED) is 0.113. The van der Waals surface area contributed by atoms with Crippen LogP contribution in [0.1, 0.15) is 72.7 Å². The second kappa shape index (κ2) is 32.3. The van der Waals surface area contributed by atoms with Gasteiger partial charge in [-0.2, -0.15) is 0 Å². The predicted molar refractivity (Wildman–Crippen MR) is 436 cm³/mol. The summed E-state index contributed by atoms with van der Waals surface area (Å²) in [5.41, 5.74) is 25.8. The fourth-order valence-electron chi connectivity index (χ4n) is 14.1. The molecular formula is C96H94N10+4. The van der Waals surface area contributed by atoms with E-state index in [9.17, 15) is 0 Å². The summed E-state index contributed by atoms with van der Waals surface area (Å²) in [6, 6.07) is 79.6. The smallest absolute Gasteiger partial charge is 0.213 e. The monoisotopic (exact) mass is 1390 g/mol. The van der Waals surface area contributed by atoms with Crippen molar-refractivity contribution in [3.8, 4) is 89.9 Å². The molecule has 0 saturated heterocycles. The number of hydrogen-bond acceptors (Lipinski definition) is 6. The summed E-state index contributed by atoms with van der Waals surface area (Å²) >= 11 is 0. The van der Waals surface area contributed by atoms with Crippen LogP contribution in [-0.2, 0) is 41.0 Å². The second-order valence-electron chi connectivity index (χ2n) is 29.0. The van der Waals surface area contributed by atoms with E-state index in [1.54, 1.807) is 6.20 Å². The van der Waals surface area contributed by atoms with Crippen molar-refractivity contribution in [3.63, 3.8) is 0 Å². The number of rotatable bonds is 12. The molecule has 0 atom stereocenters. The lowest BCUT2D eigenvalue weighted by molar-refractivity contribution is -0.659. The van der Waals surface area contributed by atoms with Gasteiger partial charge in [-0.25, -0.2) is 33.2 Å². The van der Waals surface area contributed by atoms with Crippen LogP contribution in [0.5, 0.6) is 0 Å². The zero-order chi connectivity index (χ0) is 74.1. The Hall–Kier alpha value is -12.1. The van der Waals surface area contributed by atoms with E-state index in [1.165, 1.54) is 138 Å². The van der Waals surface area contributed by atoms with E-state index in [0.717, 1.165) is 52.7 Å². The summed E-state index contributed by atoms with van der Waals surface area (Å²) in [5, 5.41) is 9.84. The van der Waals surface area contributed by atoms with Crippen LogP contribution in [0.4, 0.5) is 0 Å². The molecule has 16 aromatic rings. The zero-order valence-corrected chi connectivity index (χ0v) is 63.6. The average molecular weight is 1390 g/mol. The summed E-state index contributed by atoms with van der Waals surface area (Å²) in [6.45, 7) is 21.9. The first-order valence-corrected chi connectivity index (χ1v) is 36.7. The Morgan fingerprint density at radius 2 is 0.736 bits per heavy atom. The van der Waals surface area contributed by atoms with E-state index in [2.05, 4.69) is 343 Å². The number of hydrogen-bond donors (Lipinski definition) is 0. The van der Waals surface area contributed by atoms with Gasteiger partial charge in [-0.3, -0.25) is 15.0 Å². The van der Waals surface area contributed by atoms with Gasteiger partial charge in [0.25, 0.3) is 0 Å². The molecule has 10 nitrogen and oxygen atoms in total. The summed E-state index contributed by atoms with van der Waals surface area (Å²) < 4.78 is 8.85. The standard InChI is InChI=1S/C30H37N4.3C22H19N2/c1-18(2)11-28-31-29(12-19(3)4)33-30(32-28)23-9-10-24-17-34(8)27(16-25(24)15-23)26-14-20(5)13-21(6)22(26)7;1-16-7-3-4-8-20(16)22-14-17-10-11-18(13-19(17)15-24(22)2)21-9-5-6-12-23-21;1-16-6-3-4-8-21(16)22-13-18-10-9-17(12-20(18)15-24(22)2)19-7-5-11-23-14-19;1-16-5-3-4-6-21(16)22-14-19-8-7-18(13-20(19)15-24(22)2)17-9-11-23-12-10-17/h9-10,13-19H,11-12H2,1-8H3;3*3-15H,1-2H3/q4*+1. The zero-order valence-electron chi connectivity index (χ0n) is 63.6. The van der Waals surface area contributed by atoms with Gasteiger partial charge in [-0.15, -0.1) is 0 Å². The van der Waals surface area contributed by atoms with Gasteiger partial charge >= 0.3 is 0 Å². The second-order valence-corrected chi connectivity index (χ2v) is 29.0. The van der Waals surface area contributed by atoms with Crippen molar-refractivity contribution in [2.75, 3.05) is 0 Å². The molecule has 16 rings (SSSR count). The lowest BCUT2D eigenvalue weighted by atomic mass is 9.96. The highest BCUT2D eigenvalue weighted by molar-refractivity contribution is 5.92. The number of pyridine rings is 7. The summed E-state index contributed by atoms with van der Waals surface area (Å²) in [5.74, 6) is 3.56. The van der Waals surface area contributed by atoms with Crippen LogP contribution < -0.4 is 18.3 Å². The molecule has 0 saturated carbocycles. The molecule has 8 heterocycles. The molecule has 106 heavy (non-hydrogen) atoms. The van der Waals surface area contributed by atoms with Crippen LogP contribution in [0, 0.1) is 53.4 Å². The first-order chi connectivity index (χ1) is 51.3. The van der Waals surface area contributed by atoms with Gasteiger partial charge in [0, 0.05) is 129 Å². The van der Waals surface area contributed by atoms with Crippen molar-refractivity contribution >= 4 is 43.1 Å². The number of aromatic nitrogens is 10. The summed E-state index contributed by atoms with van der Waals surface area (Å²) in [6.07, 6.45) is 19.8. The largest absolute Gasteiger partial charge is 0.265 e. The molecule has 0 N–H and O–H groups in total. The van der Waals surface area contributed by atoms with E-state index in [0.29, 0.717) is 11.8 Å². The molecular weight excluding hydrogens is 1290 g/mol. The Balaban J connectivity index is 0.000000127. The number of benzene rings is 8. The maximum atomic E-state index is 4.87. The van der Waals surface area contributed by atoms with Crippen molar-refractivity contribution in [3.05, 3.63) is 325 Å². The van der Waals surface area contributed by atoms with Crippen LogP contribution in [0.3, 0.4) is 0 Å². The molecule has 0 aliphatic carbocycles. The molecule has 10 heteroatoms. The minimum Gasteiger partial charge on any atom is -0.265 e. The molecule has 8 aromatic carbocycles. The predicted octanol–water partition coefficient (Wildman–Crippen LogP) is 20.6. The van der Waals surface area contributed by atoms with Gasteiger partial charge in [-0.1, -0.05) is 149 Å². The Labute approximate surface area is 624 Å². The first kappa shape index (κ1) is 72.2. The highest BCUT2D eigenvalue weighted by atomic mass is 15.0. The van der Waals surface area contributed by atoms with E-state index < -0.39 is 0 Å². The van der Waals surface area contributed by atoms with E-state index in [1.807, 2.05) is 61.2 Å². The fraction of sp³-hybridized carbons (Fsp3) is 0.188. The van der Waals surface area contributed by atoms with Gasteiger partial charge in [0.1, 0.15) is 39.8 Å². The third-order valence-electron chi connectivity index (χ3n) is 19.9. The van der Waals surface area contributed by atoms with Crippen molar-refractivity contribution in [2.24, 2.45) is 40.0 Å². The van der Waals surface area contributed by atoms with Crippen LogP contribution in [0.15, 0.2) is 280 Å². The van der Waals surface area contributed by atoms with Crippen LogP contribution >= 0.6 is 0 Å². The van der Waals surface area contributed by atoms with E-state index in [-0.39, 0.29) is 0 Å². The minimum absolute atomic E-state index is 0.502.